The number of ether oxygens (including phenoxy) is 1. The molecule has 0 saturated carbocycles. The maximum Gasteiger partial charge on any atom is 0.289 e. The Morgan fingerprint density at radius 1 is 1.45 bits per heavy atom. The molecule has 22 heavy (non-hydrogen) atoms. The van der Waals surface area contributed by atoms with Crippen LogP contribution in [0, 0.1) is 0 Å². The number of amides is 1. The van der Waals surface area contributed by atoms with Crippen molar-refractivity contribution in [3.63, 3.8) is 0 Å². The zero-order chi connectivity index (χ0) is 15.6. The summed E-state index contributed by atoms with van der Waals surface area (Å²) in [5, 5.41) is 10.2. The first-order chi connectivity index (χ1) is 10.6. The summed E-state index contributed by atoms with van der Waals surface area (Å²) in [4.78, 5) is 14.3. The number of aliphatic hydroxyl groups is 1. The molecule has 1 aromatic rings. The molecule has 2 aliphatic heterocycles. The first-order valence-corrected chi connectivity index (χ1v) is 9.23. The van der Waals surface area contributed by atoms with Crippen LogP contribution in [0.25, 0.3) is 0 Å². The van der Waals surface area contributed by atoms with Gasteiger partial charge in [0.25, 0.3) is 5.91 Å². The van der Waals surface area contributed by atoms with Crippen molar-refractivity contribution >= 4 is 17.7 Å². The van der Waals surface area contributed by atoms with Crippen molar-refractivity contribution in [3.8, 4) is 0 Å². The van der Waals surface area contributed by atoms with E-state index in [1.54, 1.807) is 22.7 Å². The molecule has 3 rings (SSSR count). The number of aliphatic hydroxyl groups excluding tert-OH is 1. The Morgan fingerprint density at radius 3 is 2.91 bits per heavy atom. The maximum absolute atomic E-state index is 12.5. The molecule has 0 unspecified atom stereocenters. The summed E-state index contributed by atoms with van der Waals surface area (Å²) in [6, 6.07) is 3.62. The first kappa shape index (κ1) is 15.9. The molecule has 0 radical (unpaired) electrons. The van der Waals surface area contributed by atoms with E-state index in [1.807, 2.05) is 12.3 Å². The van der Waals surface area contributed by atoms with Gasteiger partial charge in [0.1, 0.15) is 5.76 Å². The van der Waals surface area contributed by atoms with Crippen LogP contribution in [0.4, 0.5) is 0 Å². The van der Waals surface area contributed by atoms with Gasteiger partial charge in [-0.05, 0) is 44.1 Å². The summed E-state index contributed by atoms with van der Waals surface area (Å²) in [5.74, 6) is 1.95. The fourth-order valence-corrected chi connectivity index (χ4v) is 3.79. The van der Waals surface area contributed by atoms with E-state index in [9.17, 15) is 9.90 Å². The van der Waals surface area contributed by atoms with E-state index in [0.29, 0.717) is 38.3 Å². The third-order valence-electron chi connectivity index (χ3n) is 4.67. The van der Waals surface area contributed by atoms with Crippen molar-refractivity contribution in [2.24, 2.45) is 0 Å². The molecule has 5 nitrogen and oxygen atoms in total. The quantitative estimate of drug-likeness (QED) is 0.924. The fourth-order valence-electron chi connectivity index (χ4n) is 3.35. The molecule has 1 N–H and O–H groups in total. The summed E-state index contributed by atoms with van der Waals surface area (Å²) in [7, 11) is 0. The van der Waals surface area contributed by atoms with Gasteiger partial charge in [0.05, 0.1) is 17.5 Å². The van der Waals surface area contributed by atoms with Crippen LogP contribution in [0.3, 0.4) is 0 Å². The van der Waals surface area contributed by atoms with Gasteiger partial charge in [0.2, 0.25) is 0 Å². The minimum absolute atomic E-state index is 0.0625. The molecule has 1 amide bonds. The predicted octanol–water partition coefficient (Wildman–Crippen LogP) is 2.29. The van der Waals surface area contributed by atoms with Crippen LogP contribution in [0.2, 0.25) is 0 Å². The number of nitrogens with zero attached hydrogens (tertiary/aromatic N) is 1. The second kappa shape index (κ2) is 6.64. The van der Waals surface area contributed by atoms with Gasteiger partial charge in [-0.3, -0.25) is 4.79 Å². The van der Waals surface area contributed by atoms with Gasteiger partial charge in [0.15, 0.2) is 5.76 Å². The Kier molecular flexibility index (Phi) is 4.80. The Hall–Kier alpha value is -0.980. The average molecular weight is 325 g/mol. The zero-order valence-electron chi connectivity index (χ0n) is 12.9. The lowest BCUT2D eigenvalue weighted by atomic mass is 9.82. The second-order valence-electron chi connectivity index (χ2n) is 6.06. The zero-order valence-corrected chi connectivity index (χ0v) is 13.7. The lowest BCUT2D eigenvalue weighted by Gasteiger charge is -2.46. The molecule has 1 aromatic heterocycles. The smallest absolute Gasteiger partial charge is 0.289 e. The summed E-state index contributed by atoms with van der Waals surface area (Å²) >= 11 is 1.67. The van der Waals surface area contributed by atoms with E-state index in [2.05, 4.69) is 0 Å². The first-order valence-electron chi connectivity index (χ1n) is 7.83. The number of carbonyl (C=O) groups excluding carboxylic acids is 1. The van der Waals surface area contributed by atoms with Gasteiger partial charge < -0.3 is 19.2 Å². The number of rotatable bonds is 3. The highest BCUT2D eigenvalue weighted by atomic mass is 32.2. The summed E-state index contributed by atoms with van der Waals surface area (Å²) in [6.07, 6.45) is 4.69. The van der Waals surface area contributed by atoms with Gasteiger partial charge in [-0.15, -0.1) is 0 Å². The molecule has 0 aromatic carbocycles. The highest BCUT2D eigenvalue weighted by molar-refractivity contribution is 7.97. The highest BCUT2D eigenvalue weighted by Gasteiger charge is 2.44. The third-order valence-corrected chi connectivity index (χ3v) is 5.25. The number of thioether (sulfide) groups is 1. The van der Waals surface area contributed by atoms with Crippen LogP contribution in [0.5, 0.6) is 0 Å². The molecular formula is C16H23NO4S. The van der Waals surface area contributed by atoms with Gasteiger partial charge >= 0.3 is 0 Å². The van der Waals surface area contributed by atoms with Gasteiger partial charge in [0, 0.05) is 19.7 Å². The number of hydrogen-bond donors (Lipinski definition) is 1. The normalized spacial score (nSPS) is 24.6. The van der Waals surface area contributed by atoms with E-state index in [-0.39, 0.29) is 5.91 Å². The minimum atomic E-state index is -0.442. The monoisotopic (exact) mass is 325 g/mol. The second-order valence-corrected chi connectivity index (χ2v) is 6.93. The molecule has 0 aliphatic carbocycles. The Labute approximate surface area is 135 Å². The highest BCUT2D eigenvalue weighted by Crippen LogP contribution is 2.35. The van der Waals surface area contributed by atoms with Crippen molar-refractivity contribution in [2.45, 2.75) is 43.1 Å². The maximum atomic E-state index is 12.5. The summed E-state index contributed by atoms with van der Waals surface area (Å²) < 4.78 is 11.5. The molecule has 1 atom stereocenters. The van der Waals surface area contributed by atoms with Crippen molar-refractivity contribution in [1.82, 2.24) is 4.90 Å². The number of furan rings is 1. The molecule has 122 valence electrons. The number of likely N-dealkylation sites (tertiary alicyclic amines) is 1. The molecule has 2 aliphatic rings. The lowest BCUT2D eigenvalue weighted by molar-refractivity contribution is -0.174. The van der Waals surface area contributed by atoms with Crippen LogP contribution in [0.15, 0.2) is 16.5 Å². The number of hydrogen-bond acceptors (Lipinski definition) is 5. The van der Waals surface area contributed by atoms with E-state index >= 15 is 0 Å². The summed E-state index contributed by atoms with van der Waals surface area (Å²) in [5.41, 5.74) is -0.442. The molecule has 6 heteroatoms. The Morgan fingerprint density at radius 2 is 2.23 bits per heavy atom. The lowest BCUT2D eigenvalue weighted by Crippen LogP contribution is -2.56. The van der Waals surface area contributed by atoms with E-state index < -0.39 is 11.7 Å². The van der Waals surface area contributed by atoms with Crippen LogP contribution in [-0.4, -0.2) is 53.6 Å². The van der Waals surface area contributed by atoms with E-state index in [1.165, 1.54) is 0 Å². The van der Waals surface area contributed by atoms with Crippen molar-refractivity contribution in [3.05, 3.63) is 23.7 Å². The van der Waals surface area contributed by atoms with E-state index in [0.717, 1.165) is 24.4 Å². The molecular weight excluding hydrogens is 302 g/mol. The topological polar surface area (TPSA) is 62.9 Å². The molecule has 0 bridgehead atoms. The van der Waals surface area contributed by atoms with Gasteiger partial charge in [-0.1, -0.05) is 0 Å². The molecule has 3 heterocycles. The van der Waals surface area contributed by atoms with Crippen molar-refractivity contribution in [2.75, 3.05) is 26.0 Å². The van der Waals surface area contributed by atoms with Crippen molar-refractivity contribution < 1.29 is 19.1 Å². The Balaban J connectivity index is 1.61. The molecule has 2 saturated heterocycles. The van der Waals surface area contributed by atoms with Crippen LogP contribution in [-0.2, 0) is 10.5 Å². The number of piperidine rings is 1. The average Bonchev–Trinajstić information content (AvgIpc) is 3.00. The number of carbonyl (C=O) groups is 1. The van der Waals surface area contributed by atoms with Crippen molar-refractivity contribution in [1.29, 1.82) is 0 Å². The predicted molar refractivity (Wildman–Crippen MR) is 85.0 cm³/mol. The van der Waals surface area contributed by atoms with Crippen LogP contribution < -0.4 is 0 Å². The standard InChI is InChI=1S/C16H23NO4S/c1-22-11-12-4-5-13(21-12)15(19)17-8-6-16(7-9-17)14(18)3-2-10-20-16/h4-5,14,18H,2-3,6-11H2,1H3/t14-/m1/s1. The van der Waals surface area contributed by atoms with E-state index in [4.69, 9.17) is 9.15 Å². The summed E-state index contributed by atoms with van der Waals surface area (Å²) in [6.45, 7) is 1.92. The largest absolute Gasteiger partial charge is 0.455 e. The molecule has 2 fully saturated rings. The molecule has 1 spiro atoms. The van der Waals surface area contributed by atoms with Gasteiger partial charge in [-0.2, -0.15) is 11.8 Å². The van der Waals surface area contributed by atoms with Crippen LogP contribution >= 0.6 is 11.8 Å². The minimum Gasteiger partial charge on any atom is -0.455 e. The fraction of sp³-hybridized carbons (Fsp3) is 0.688. The van der Waals surface area contributed by atoms with Gasteiger partial charge in [-0.25, -0.2) is 0 Å². The Bertz CT molecular complexity index is 522. The van der Waals surface area contributed by atoms with Crippen LogP contribution in [0.1, 0.15) is 42.0 Å². The SMILES string of the molecule is CSCc1ccc(C(=O)N2CCC3(CC2)OCCC[C@H]3O)o1. The third kappa shape index (κ3) is 3.05.